The molecule has 20 heavy (non-hydrogen) atoms. The minimum atomic E-state index is -0.315. The van der Waals surface area contributed by atoms with Crippen LogP contribution in [-0.2, 0) is 4.79 Å². The Labute approximate surface area is 120 Å². The van der Waals surface area contributed by atoms with Crippen LogP contribution >= 0.6 is 0 Å². The standard InChI is InChI=1S/C15H25N3O2/c19-14(17-15(20)16-13-5-6-13)10-18-8-7-11-3-1-2-4-12(11)9-18/h11-13H,1-10H2,(H2,16,17,19,20)/p+1/t11-,12-/m0/s1. The lowest BCUT2D eigenvalue weighted by atomic mass is 9.75. The molecule has 3 aliphatic rings. The molecule has 3 atom stereocenters. The van der Waals surface area contributed by atoms with Crippen LogP contribution in [0.25, 0.3) is 0 Å². The van der Waals surface area contributed by atoms with Crippen molar-refractivity contribution in [3.05, 3.63) is 0 Å². The number of carbonyl (C=O) groups excluding carboxylic acids is 2. The van der Waals surface area contributed by atoms with Gasteiger partial charge in [-0.05, 0) is 38.0 Å². The summed E-state index contributed by atoms with van der Waals surface area (Å²) >= 11 is 0. The Bertz CT molecular complexity index is 381. The van der Waals surface area contributed by atoms with Gasteiger partial charge in [0.15, 0.2) is 6.54 Å². The van der Waals surface area contributed by atoms with Crippen molar-refractivity contribution in [3.63, 3.8) is 0 Å². The summed E-state index contributed by atoms with van der Waals surface area (Å²) in [6, 6.07) is -0.0161. The predicted molar refractivity (Wildman–Crippen MR) is 75.3 cm³/mol. The maximum absolute atomic E-state index is 11.9. The van der Waals surface area contributed by atoms with Gasteiger partial charge in [-0.3, -0.25) is 10.1 Å². The van der Waals surface area contributed by atoms with Crippen molar-refractivity contribution in [3.8, 4) is 0 Å². The average Bonchev–Trinajstić information content (AvgIpc) is 3.22. The molecule has 112 valence electrons. The van der Waals surface area contributed by atoms with Crippen molar-refractivity contribution in [1.29, 1.82) is 0 Å². The van der Waals surface area contributed by atoms with E-state index in [0.717, 1.165) is 37.8 Å². The summed E-state index contributed by atoms with van der Waals surface area (Å²) < 4.78 is 0. The largest absolute Gasteiger partial charge is 0.335 e. The summed E-state index contributed by atoms with van der Waals surface area (Å²) in [4.78, 5) is 24.8. The third-order valence-electron chi connectivity index (χ3n) is 5.06. The Balaban J connectivity index is 1.40. The highest BCUT2D eigenvalue weighted by atomic mass is 16.2. The molecule has 1 saturated heterocycles. The van der Waals surface area contributed by atoms with E-state index in [-0.39, 0.29) is 11.9 Å². The van der Waals surface area contributed by atoms with Crippen molar-refractivity contribution < 1.29 is 14.5 Å². The first-order valence-corrected chi connectivity index (χ1v) is 8.14. The van der Waals surface area contributed by atoms with Gasteiger partial charge >= 0.3 is 6.03 Å². The van der Waals surface area contributed by atoms with E-state index in [1.165, 1.54) is 37.0 Å². The number of hydrogen-bond acceptors (Lipinski definition) is 2. The fourth-order valence-electron chi connectivity index (χ4n) is 3.80. The van der Waals surface area contributed by atoms with Crippen LogP contribution < -0.4 is 15.5 Å². The van der Waals surface area contributed by atoms with E-state index in [4.69, 9.17) is 0 Å². The molecule has 3 rings (SSSR count). The van der Waals surface area contributed by atoms with E-state index in [0.29, 0.717) is 12.6 Å². The van der Waals surface area contributed by atoms with Crippen molar-refractivity contribution in [2.75, 3.05) is 19.6 Å². The minimum Gasteiger partial charge on any atom is -0.335 e. The van der Waals surface area contributed by atoms with Crippen LogP contribution in [0.1, 0.15) is 44.9 Å². The Morgan fingerprint density at radius 1 is 1.00 bits per heavy atom. The van der Waals surface area contributed by atoms with Crippen LogP contribution in [-0.4, -0.2) is 37.6 Å². The van der Waals surface area contributed by atoms with Gasteiger partial charge in [0.25, 0.3) is 5.91 Å². The number of piperidine rings is 1. The second kappa shape index (κ2) is 6.12. The maximum Gasteiger partial charge on any atom is 0.321 e. The number of carbonyl (C=O) groups is 2. The predicted octanol–water partition coefficient (Wildman–Crippen LogP) is 0.0696. The van der Waals surface area contributed by atoms with Gasteiger partial charge in [-0.15, -0.1) is 0 Å². The number of fused-ring (bicyclic) bond motifs is 1. The van der Waals surface area contributed by atoms with Crippen LogP contribution in [0.5, 0.6) is 0 Å². The zero-order valence-corrected chi connectivity index (χ0v) is 12.1. The summed E-state index contributed by atoms with van der Waals surface area (Å²) in [6.45, 7) is 2.64. The van der Waals surface area contributed by atoms with E-state index in [2.05, 4.69) is 10.6 Å². The molecule has 0 aromatic heterocycles. The van der Waals surface area contributed by atoms with Crippen molar-refractivity contribution in [1.82, 2.24) is 10.6 Å². The van der Waals surface area contributed by atoms with Crippen LogP contribution in [0.4, 0.5) is 4.79 Å². The summed E-state index contributed by atoms with van der Waals surface area (Å²) in [7, 11) is 0. The zero-order valence-electron chi connectivity index (χ0n) is 12.1. The second-order valence-electron chi connectivity index (χ2n) is 6.77. The Morgan fingerprint density at radius 3 is 2.50 bits per heavy atom. The molecule has 2 aliphatic carbocycles. The molecule has 3 fully saturated rings. The third kappa shape index (κ3) is 3.72. The number of quaternary nitrogens is 1. The fraction of sp³-hybridized carbons (Fsp3) is 0.867. The molecule has 0 bridgehead atoms. The van der Waals surface area contributed by atoms with Gasteiger partial charge in [0, 0.05) is 12.0 Å². The molecule has 0 aromatic carbocycles. The Kier molecular flexibility index (Phi) is 4.24. The van der Waals surface area contributed by atoms with Crippen LogP contribution in [0.15, 0.2) is 0 Å². The Hall–Kier alpha value is -1.10. The lowest BCUT2D eigenvalue weighted by Gasteiger charge is -2.38. The van der Waals surface area contributed by atoms with E-state index in [1.54, 1.807) is 0 Å². The van der Waals surface area contributed by atoms with E-state index in [1.807, 2.05) is 0 Å². The highest BCUT2D eigenvalue weighted by molar-refractivity contribution is 5.94. The average molecular weight is 280 g/mol. The lowest BCUT2D eigenvalue weighted by Crippen LogP contribution is -3.15. The summed E-state index contributed by atoms with van der Waals surface area (Å²) in [5.74, 6) is 1.57. The first-order valence-electron chi connectivity index (χ1n) is 8.14. The van der Waals surface area contributed by atoms with Crippen LogP contribution in [0.2, 0.25) is 0 Å². The van der Waals surface area contributed by atoms with Gasteiger partial charge in [-0.2, -0.15) is 0 Å². The molecule has 0 radical (unpaired) electrons. The molecule has 2 saturated carbocycles. The van der Waals surface area contributed by atoms with E-state index < -0.39 is 0 Å². The number of likely N-dealkylation sites (tertiary alicyclic amines) is 1. The van der Waals surface area contributed by atoms with E-state index in [9.17, 15) is 9.59 Å². The third-order valence-corrected chi connectivity index (χ3v) is 5.06. The molecule has 5 nitrogen and oxygen atoms in total. The summed E-state index contributed by atoms with van der Waals surface area (Å²) in [6.07, 6.45) is 8.79. The van der Waals surface area contributed by atoms with E-state index >= 15 is 0 Å². The lowest BCUT2D eigenvalue weighted by molar-refractivity contribution is -0.902. The molecule has 1 aliphatic heterocycles. The minimum absolute atomic E-state index is 0.132. The smallest absolute Gasteiger partial charge is 0.321 e. The van der Waals surface area contributed by atoms with Crippen molar-refractivity contribution >= 4 is 11.9 Å². The number of urea groups is 1. The van der Waals surface area contributed by atoms with Gasteiger partial charge < -0.3 is 10.2 Å². The normalized spacial score (nSPS) is 33.1. The van der Waals surface area contributed by atoms with Crippen LogP contribution in [0, 0.1) is 11.8 Å². The summed E-state index contributed by atoms with van der Waals surface area (Å²) in [5.41, 5.74) is 0. The fourth-order valence-corrected chi connectivity index (χ4v) is 3.80. The first kappa shape index (κ1) is 13.9. The highest BCUT2D eigenvalue weighted by Crippen LogP contribution is 2.32. The number of hydrogen-bond donors (Lipinski definition) is 3. The maximum atomic E-state index is 11.9. The molecule has 3 amide bonds. The number of rotatable bonds is 3. The number of nitrogens with one attached hydrogen (secondary N) is 3. The van der Waals surface area contributed by atoms with Gasteiger partial charge in [0.2, 0.25) is 0 Å². The van der Waals surface area contributed by atoms with Crippen molar-refractivity contribution in [2.24, 2.45) is 11.8 Å². The second-order valence-corrected chi connectivity index (χ2v) is 6.77. The number of imide groups is 1. The van der Waals surface area contributed by atoms with Gasteiger partial charge in [-0.1, -0.05) is 12.8 Å². The molecular formula is C15H26N3O2+. The molecule has 0 aromatic rings. The molecule has 0 spiro atoms. The van der Waals surface area contributed by atoms with Gasteiger partial charge in [0.05, 0.1) is 13.1 Å². The zero-order chi connectivity index (χ0) is 13.9. The van der Waals surface area contributed by atoms with Gasteiger partial charge in [-0.25, -0.2) is 4.79 Å². The molecule has 1 unspecified atom stereocenters. The SMILES string of the molecule is O=C(C[NH+]1CC[C@@H]2CCCC[C@H]2C1)NC(=O)NC1CC1. The molecule has 5 heteroatoms. The monoisotopic (exact) mass is 280 g/mol. The van der Waals surface area contributed by atoms with Gasteiger partial charge in [0.1, 0.15) is 0 Å². The number of amides is 3. The van der Waals surface area contributed by atoms with Crippen molar-refractivity contribution in [2.45, 2.75) is 51.0 Å². The Morgan fingerprint density at radius 2 is 1.75 bits per heavy atom. The molecule has 3 N–H and O–H groups in total. The topological polar surface area (TPSA) is 62.6 Å². The summed E-state index contributed by atoms with van der Waals surface area (Å²) in [5, 5.41) is 5.25. The first-order chi connectivity index (χ1) is 9.70. The van der Waals surface area contributed by atoms with Crippen LogP contribution in [0.3, 0.4) is 0 Å². The molecule has 1 heterocycles. The molecular weight excluding hydrogens is 254 g/mol. The highest BCUT2D eigenvalue weighted by Gasteiger charge is 2.34. The quantitative estimate of drug-likeness (QED) is 0.685.